The highest BCUT2D eigenvalue weighted by Crippen LogP contribution is 2.20. The van der Waals surface area contributed by atoms with Crippen LogP contribution in [0, 0.1) is 5.92 Å². The molecule has 0 unspecified atom stereocenters. The van der Waals surface area contributed by atoms with Gasteiger partial charge in [0.15, 0.2) is 0 Å². The normalized spacial score (nSPS) is 22.2. The summed E-state index contributed by atoms with van der Waals surface area (Å²) in [5, 5.41) is 0. The highest BCUT2D eigenvalue weighted by atomic mass is 19.1. The van der Waals surface area contributed by atoms with Gasteiger partial charge in [-0.1, -0.05) is 0 Å². The summed E-state index contributed by atoms with van der Waals surface area (Å²) in [4.78, 5) is 10.2. The Morgan fingerprint density at radius 1 is 1.54 bits per heavy atom. The van der Waals surface area contributed by atoms with E-state index in [2.05, 4.69) is 14.9 Å². The second kappa shape index (κ2) is 3.68. The van der Waals surface area contributed by atoms with E-state index >= 15 is 0 Å². The molecule has 0 spiro atoms. The molecule has 70 valence electrons. The fourth-order valence-corrected chi connectivity index (χ4v) is 1.62. The molecular formula is C9H12FN3. The molecule has 1 saturated heterocycles. The standard InChI is InChI=1S/C9H12FN3/c10-5-8-1-4-13(7-8)9-6-11-2-3-12-9/h2-3,6,8H,1,4-5,7H2/t8-/m1/s1. The minimum Gasteiger partial charge on any atom is -0.355 e. The quantitative estimate of drug-likeness (QED) is 0.688. The Balaban J connectivity index is 2.04. The minimum atomic E-state index is -0.225. The van der Waals surface area contributed by atoms with Gasteiger partial charge in [0.25, 0.3) is 0 Å². The second-order valence-electron chi connectivity index (χ2n) is 3.32. The van der Waals surface area contributed by atoms with Crippen LogP contribution < -0.4 is 4.90 Å². The molecule has 0 amide bonds. The molecule has 13 heavy (non-hydrogen) atoms. The molecule has 0 saturated carbocycles. The smallest absolute Gasteiger partial charge is 0.147 e. The summed E-state index contributed by atoms with van der Waals surface area (Å²) in [6.45, 7) is 1.44. The van der Waals surface area contributed by atoms with Crippen molar-refractivity contribution in [3.05, 3.63) is 18.6 Å². The van der Waals surface area contributed by atoms with Crippen LogP contribution in [0.15, 0.2) is 18.6 Å². The highest BCUT2D eigenvalue weighted by Gasteiger charge is 2.22. The van der Waals surface area contributed by atoms with Crippen molar-refractivity contribution in [1.82, 2.24) is 9.97 Å². The molecule has 2 heterocycles. The molecule has 4 heteroatoms. The molecule has 1 aliphatic rings. The van der Waals surface area contributed by atoms with E-state index in [1.165, 1.54) is 0 Å². The van der Waals surface area contributed by atoms with E-state index in [1.807, 2.05) is 0 Å². The van der Waals surface area contributed by atoms with Crippen LogP contribution in [-0.2, 0) is 0 Å². The predicted octanol–water partition coefficient (Wildman–Crippen LogP) is 1.27. The summed E-state index contributed by atoms with van der Waals surface area (Å²) in [5.41, 5.74) is 0. The summed E-state index contributed by atoms with van der Waals surface area (Å²) in [6, 6.07) is 0. The number of nitrogens with zero attached hydrogens (tertiary/aromatic N) is 3. The van der Waals surface area contributed by atoms with Gasteiger partial charge in [0.2, 0.25) is 0 Å². The third kappa shape index (κ3) is 1.76. The summed E-state index contributed by atoms with van der Waals surface area (Å²) in [6.07, 6.45) is 5.96. The minimum absolute atomic E-state index is 0.182. The lowest BCUT2D eigenvalue weighted by Crippen LogP contribution is -2.21. The van der Waals surface area contributed by atoms with Crippen molar-refractivity contribution in [2.45, 2.75) is 6.42 Å². The molecule has 0 aromatic carbocycles. The van der Waals surface area contributed by atoms with Gasteiger partial charge in [0.1, 0.15) is 5.82 Å². The van der Waals surface area contributed by atoms with E-state index in [0.29, 0.717) is 0 Å². The van der Waals surface area contributed by atoms with Crippen LogP contribution in [0.5, 0.6) is 0 Å². The lowest BCUT2D eigenvalue weighted by atomic mass is 10.1. The Labute approximate surface area is 76.6 Å². The molecule has 0 N–H and O–H groups in total. The topological polar surface area (TPSA) is 29.0 Å². The molecule has 1 aliphatic heterocycles. The van der Waals surface area contributed by atoms with Crippen molar-refractivity contribution in [3.8, 4) is 0 Å². The van der Waals surface area contributed by atoms with Gasteiger partial charge < -0.3 is 4.90 Å². The summed E-state index contributed by atoms with van der Waals surface area (Å²) >= 11 is 0. The Morgan fingerprint density at radius 2 is 2.46 bits per heavy atom. The number of hydrogen-bond acceptors (Lipinski definition) is 3. The molecule has 2 rings (SSSR count). The first kappa shape index (κ1) is 8.41. The fraction of sp³-hybridized carbons (Fsp3) is 0.556. The van der Waals surface area contributed by atoms with Crippen molar-refractivity contribution >= 4 is 5.82 Å². The molecule has 1 aromatic rings. The lowest BCUT2D eigenvalue weighted by Gasteiger charge is -2.15. The third-order valence-corrected chi connectivity index (χ3v) is 2.38. The zero-order valence-corrected chi connectivity index (χ0v) is 7.36. The van der Waals surface area contributed by atoms with Crippen LogP contribution >= 0.6 is 0 Å². The van der Waals surface area contributed by atoms with Crippen molar-refractivity contribution < 1.29 is 4.39 Å². The Morgan fingerprint density at radius 3 is 3.08 bits per heavy atom. The SMILES string of the molecule is FC[C@H]1CCN(c2cnccn2)C1. The number of hydrogen-bond donors (Lipinski definition) is 0. The van der Waals surface area contributed by atoms with Crippen LogP contribution in [0.25, 0.3) is 0 Å². The average molecular weight is 181 g/mol. The zero-order valence-electron chi connectivity index (χ0n) is 7.36. The molecular weight excluding hydrogens is 169 g/mol. The van der Waals surface area contributed by atoms with Gasteiger partial charge in [-0.15, -0.1) is 0 Å². The van der Waals surface area contributed by atoms with Crippen molar-refractivity contribution in [1.29, 1.82) is 0 Å². The predicted molar refractivity (Wildman–Crippen MR) is 48.3 cm³/mol. The van der Waals surface area contributed by atoms with Gasteiger partial charge in [-0.25, -0.2) is 4.98 Å². The molecule has 1 aromatic heterocycles. The summed E-state index contributed by atoms with van der Waals surface area (Å²) < 4.78 is 12.3. The summed E-state index contributed by atoms with van der Waals surface area (Å²) in [7, 11) is 0. The number of alkyl halides is 1. The maximum absolute atomic E-state index is 12.3. The Kier molecular flexibility index (Phi) is 2.38. The Hall–Kier alpha value is -1.19. The van der Waals surface area contributed by atoms with Crippen molar-refractivity contribution in [2.24, 2.45) is 5.92 Å². The average Bonchev–Trinajstić information content (AvgIpc) is 2.67. The zero-order chi connectivity index (χ0) is 9.10. The van der Waals surface area contributed by atoms with E-state index in [-0.39, 0.29) is 12.6 Å². The number of halogens is 1. The molecule has 3 nitrogen and oxygen atoms in total. The number of aromatic nitrogens is 2. The summed E-state index contributed by atoms with van der Waals surface area (Å²) in [5.74, 6) is 1.04. The van der Waals surface area contributed by atoms with E-state index in [1.54, 1.807) is 18.6 Å². The molecule has 0 radical (unpaired) electrons. The van der Waals surface area contributed by atoms with Gasteiger partial charge in [-0.2, -0.15) is 0 Å². The van der Waals surface area contributed by atoms with Gasteiger partial charge in [0, 0.05) is 31.4 Å². The highest BCUT2D eigenvalue weighted by molar-refractivity contribution is 5.36. The monoisotopic (exact) mass is 181 g/mol. The third-order valence-electron chi connectivity index (χ3n) is 2.38. The van der Waals surface area contributed by atoms with Crippen LogP contribution in [0.2, 0.25) is 0 Å². The number of rotatable bonds is 2. The van der Waals surface area contributed by atoms with E-state index in [0.717, 1.165) is 25.3 Å². The lowest BCUT2D eigenvalue weighted by molar-refractivity contribution is 0.384. The van der Waals surface area contributed by atoms with Gasteiger partial charge in [0.05, 0.1) is 12.9 Å². The largest absolute Gasteiger partial charge is 0.355 e. The van der Waals surface area contributed by atoms with E-state index in [9.17, 15) is 4.39 Å². The van der Waals surface area contributed by atoms with Crippen LogP contribution in [0.1, 0.15) is 6.42 Å². The molecule has 0 aliphatic carbocycles. The van der Waals surface area contributed by atoms with E-state index < -0.39 is 0 Å². The van der Waals surface area contributed by atoms with E-state index in [4.69, 9.17) is 0 Å². The first-order valence-corrected chi connectivity index (χ1v) is 4.47. The van der Waals surface area contributed by atoms with Gasteiger partial charge in [-0.05, 0) is 6.42 Å². The van der Waals surface area contributed by atoms with Gasteiger partial charge in [-0.3, -0.25) is 9.37 Å². The molecule has 1 atom stereocenters. The van der Waals surface area contributed by atoms with Crippen LogP contribution in [-0.4, -0.2) is 29.7 Å². The maximum Gasteiger partial charge on any atom is 0.147 e. The Bertz CT molecular complexity index is 265. The first-order valence-electron chi connectivity index (χ1n) is 4.47. The van der Waals surface area contributed by atoms with Crippen molar-refractivity contribution in [3.63, 3.8) is 0 Å². The van der Waals surface area contributed by atoms with Gasteiger partial charge >= 0.3 is 0 Å². The van der Waals surface area contributed by atoms with Crippen LogP contribution in [0.4, 0.5) is 10.2 Å². The van der Waals surface area contributed by atoms with Crippen LogP contribution in [0.3, 0.4) is 0 Å². The maximum atomic E-state index is 12.3. The first-order chi connectivity index (χ1) is 6.40. The van der Waals surface area contributed by atoms with Crippen molar-refractivity contribution in [2.75, 3.05) is 24.7 Å². The molecule has 1 fully saturated rings. The fourth-order valence-electron chi connectivity index (χ4n) is 1.62. The second-order valence-corrected chi connectivity index (χ2v) is 3.32. The molecule has 0 bridgehead atoms. The number of anilines is 1.